The number of hydrogen-bond acceptors (Lipinski definition) is 5. The predicted octanol–water partition coefficient (Wildman–Crippen LogP) is 3.13. The molecule has 5 heteroatoms. The highest BCUT2D eigenvalue weighted by Crippen LogP contribution is 2.24. The molecule has 1 atom stereocenters. The van der Waals surface area contributed by atoms with Crippen LogP contribution in [0.15, 0.2) is 29.0 Å². The molecular formula is C15H21N3O2. The Balaban J connectivity index is 2.17. The van der Waals surface area contributed by atoms with Crippen LogP contribution in [0.25, 0.3) is 11.5 Å². The van der Waals surface area contributed by atoms with Gasteiger partial charge in [-0.05, 0) is 36.6 Å². The smallest absolute Gasteiger partial charge is 0.247 e. The molecule has 0 bridgehead atoms. The number of methoxy groups -OCH3 is 1. The van der Waals surface area contributed by atoms with Crippen molar-refractivity contribution in [2.75, 3.05) is 19.0 Å². The second-order valence-corrected chi connectivity index (χ2v) is 5.22. The van der Waals surface area contributed by atoms with E-state index >= 15 is 0 Å². The third-order valence-corrected chi connectivity index (χ3v) is 3.33. The highest BCUT2D eigenvalue weighted by atomic mass is 16.5. The van der Waals surface area contributed by atoms with Gasteiger partial charge in [0, 0.05) is 18.4 Å². The zero-order valence-electron chi connectivity index (χ0n) is 12.4. The Labute approximate surface area is 119 Å². The molecule has 0 spiro atoms. The first-order valence-corrected chi connectivity index (χ1v) is 6.74. The summed E-state index contributed by atoms with van der Waals surface area (Å²) >= 11 is 0. The van der Waals surface area contributed by atoms with Gasteiger partial charge in [-0.25, -0.2) is 0 Å². The summed E-state index contributed by atoms with van der Waals surface area (Å²) < 4.78 is 10.5. The Hall–Kier alpha value is -1.88. The van der Waals surface area contributed by atoms with E-state index in [0.29, 0.717) is 18.4 Å². The molecule has 0 radical (unpaired) electrons. The third-order valence-electron chi connectivity index (χ3n) is 3.33. The predicted molar refractivity (Wildman–Crippen MR) is 78.6 cm³/mol. The average molecular weight is 275 g/mol. The van der Waals surface area contributed by atoms with Crippen molar-refractivity contribution in [3.8, 4) is 11.5 Å². The number of nitrogens with one attached hydrogen (secondary N) is 1. The molecule has 1 unspecified atom stereocenters. The number of rotatable bonds is 6. The molecule has 0 fully saturated rings. The van der Waals surface area contributed by atoms with Gasteiger partial charge in [0.05, 0.1) is 12.6 Å². The van der Waals surface area contributed by atoms with Crippen molar-refractivity contribution in [3.63, 3.8) is 0 Å². The first kappa shape index (κ1) is 14.5. The summed E-state index contributed by atoms with van der Waals surface area (Å²) in [5, 5.41) is 11.1. The van der Waals surface area contributed by atoms with Crippen LogP contribution in [-0.4, -0.2) is 30.0 Å². The van der Waals surface area contributed by atoms with Crippen LogP contribution in [0.1, 0.15) is 19.4 Å². The minimum Gasteiger partial charge on any atom is -0.423 e. The largest absolute Gasteiger partial charge is 0.423 e. The fourth-order valence-electron chi connectivity index (χ4n) is 2.04. The summed E-state index contributed by atoms with van der Waals surface area (Å²) in [6.07, 6.45) is 1.34. The Kier molecular flexibility index (Phi) is 4.74. The van der Waals surface area contributed by atoms with E-state index in [1.54, 1.807) is 7.11 Å². The van der Waals surface area contributed by atoms with Gasteiger partial charge >= 0.3 is 0 Å². The Morgan fingerprint density at radius 3 is 2.70 bits per heavy atom. The second-order valence-electron chi connectivity index (χ2n) is 5.22. The third kappa shape index (κ3) is 3.36. The van der Waals surface area contributed by atoms with Crippen LogP contribution < -0.4 is 5.32 Å². The fraction of sp³-hybridized carbons (Fsp3) is 0.467. The maximum absolute atomic E-state index is 5.26. The maximum Gasteiger partial charge on any atom is 0.247 e. The summed E-state index contributed by atoms with van der Waals surface area (Å²) in [5.41, 5.74) is 3.17. The first-order valence-electron chi connectivity index (χ1n) is 6.74. The number of nitrogens with zero attached hydrogens (tertiary/aromatic N) is 2. The molecule has 0 aliphatic heterocycles. The van der Waals surface area contributed by atoms with Gasteiger partial charge in [0.25, 0.3) is 0 Å². The Morgan fingerprint density at radius 2 is 2.15 bits per heavy atom. The van der Waals surface area contributed by atoms with Crippen molar-refractivity contribution in [1.29, 1.82) is 0 Å². The summed E-state index contributed by atoms with van der Waals surface area (Å²) in [4.78, 5) is 0. The zero-order valence-corrected chi connectivity index (χ0v) is 12.4. The van der Waals surface area contributed by atoms with E-state index in [2.05, 4.69) is 36.3 Å². The molecule has 1 N–H and O–H groups in total. The van der Waals surface area contributed by atoms with E-state index in [-0.39, 0.29) is 6.04 Å². The van der Waals surface area contributed by atoms with Crippen LogP contribution in [0.2, 0.25) is 0 Å². The Morgan fingerprint density at radius 1 is 1.35 bits per heavy atom. The zero-order chi connectivity index (χ0) is 14.5. The highest BCUT2D eigenvalue weighted by molar-refractivity contribution is 5.62. The molecule has 0 saturated carbocycles. The number of hydrogen-bond donors (Lipinski definition) is 1. The summed E-state index contributed by atoms with van der Waals surface area (Å²) in [7, 11) is 1.72. The van der Waals surface area contributed by atoms with E-state index in [0.717, 1.165) is 16.8 Å². The van der Waals surface area contributed by atoms with Gasteiger partial charge in [-0.2, -0.15) is 0 Å². The van der Waals surface area contributed by atoms with E-state index in [9.17, 15) is 0 Å². The SMILES string of the molecule is COCC(Nc1ccc(-c2nnco2)cc1C)C(C)C. The number of ether oxygens (including phenoxy) is 1. The topological polar surface area (TPSA) is 60.2 Å². The van der Waals surface area contributed by atoms with Crippen LogP contribution in [0, 0.1) is 12.8 Å². The van der Waals surface area contributed by atoms with Crippen molar-refractivity contribution in [3.05, 3.63) is 30.2 Å². The molecule has 108 valence electrons. The molecule has 5 nitrogen and oxygen atoms in total. The van der Waals surface area contributed by atoms with Gasteiger partial charge < -0.3 is 14.5 Å². The highest BCUT2D eigenvalue weighted by Gasteiger charge is 2.14. The van der Waals surface area contributed by atoms with Crippen molar-refractivity contribution in [2.45, 2.75) is 26.8 Å². The molecule has 0 aliphatic carbocycles. The molecule has 1 heterocycles. The van der Waals surface area contributed by atoms with Crippen LogP contribution in [0.5, 0.6) is 0 Å². The van der Waals surface area contributed by atoms with Gasteiger partial charge in [0.2, 0.25) is 12.3 Å². The van der Waals surface area contributed by atoms with E-state index in [1.165, 1.54) is 6.39 Å². The summed E-state index contributed by atoms with van der Waals surface area (Å²) in [5.74, 6) is 1.03. The van der Waals surface area contributed by atoms with Gasteiger partial charge in [-0.3, -0.25) is 0 Å². The van der Waals surface area contributed by atoms with Crippen molar-refractivity contribution in [1.82, 2.24) is 10.2 Å². The molecule has 1 aromatic carbocycles. The van der Waals surface area contributed by atoms with E-state index in [1.807, 2.05) is 18.2 Å². The van der Waals surface area contributed by atoms with E-state index in [4.69, 9.17) is 9.15 Å². The molecule has 2 aromatic rings. The standard InChI is InChI=1S/C15H21N3O2/c1-10(2)14(8-19-4)17-13-6-5-12(7-11(13)3)15-18-16-9-20-15/h5-7,9-10,14,17H,8H2,1-4H3. The minimum absolute atomic E-state index is 0.285. The maximum atomic E-state index is 5.26. The van der Waals surface area contributed by atoms with Crippen LogP contribution in [0.3, 0.4) is 0 Å². The normalized spacial score (nSPS) is 12.7. The second kappa shape index (κ2) is 6.52. The molecule has 1 aromatic heterocycles. The minimum atomic E-state index is 0.285. The number of benzene rings is 1. The number of aryl methyl sites for hydroxylation is 1. The average Bonchev–Trinajstić information content (AvgIpc) is 2.94. The van der Waals surface area contributed by atoms with Crippen molar-refractivity contribution in [2.24, 2.45) is 5.92 Å². The van der Waals surface area contributed by atoms with Crippen LogP contribution in [-0.2, 0) is 4.74 Å². The fourth-order valence-corrected chi connectivity index (χ4v) is 2.04. The van der Waals surface area contributed by atoms with Gasteiger partial charge in [0.15, 0.2) is 0 Å². The van der Waals surface area contributed by atoms with Crippen LogP contribution >= 0.6 is 0 Å². The molecule has 20 heavy (non-hydrogen) atoms. The van der Waals surface area contributed by atoms with Gasteiger partial charge in [0.1, 0.15) is 0 Å². The molecule has 0 saturated heterocycles. The number of anilines is 1. The van der Waals surface area contributed by atoms with E-state index < -0.39 is 0 Å². The Bertz CT molecular complexity index is 538. The monoisotopic (exact) mass is 275 g/mol. The van der Waals surface area contributed by atoms with Gasteiger partial charge in [-0.1, -0.05) is 13.8 Å². The molecule has 0 aliphatic rings. The first-order chi connectivity index (χ1) is 9.61. The van der Waals surface area contributed by atoms with Crippen LogP contribution in [0.4, 0.5) is 5.69 Å². The molecule has 0 amide bonds. The lowest BCUT2D eigenvalue weighted by atomic mass is 10.0. The lowest BCUT2D eigenvalue weighted by molar-refractivity contribution is 0.171. The number of aromatic nitrogens is 2. The molecule has 2 rings (SSSR count). The molecular weight excluding hydrogens is 254 g/mol. The van der Waals surface area contributed by atoms with Crippen molar-refractivity contribution < 1.29 is 9.15 Å². The van der Waals surface area contributed by atoms with Gasteiger partial charge in [-0.15, -0.1) is 10.2 Å². The summed E-state index contributed by atoms with van der Waals surface area (Å²) in [6, 6.07) is 6.35. The quantitative estimate of drug-likeness (QED) is 0.877. The van der Waals surface area contributed by atoms with Crippen molar-refractivity contribution >= 4 is 5.69 Å². The summed E-state index contributed by atoms with van der Waals surface area (Å²) in [6.45, 7) is 7.10. The lowest BCUT2D eigenvalue weighted by Gasteiger charge is -2.24. The lowest BCUT2D eigenvalue weighted by Crippen LogP contribution is -2.30.